The van der Waals surface area contributed by atoms with E-state index in [1.165, 1.54) is 0 Å². The number of aromatic amines is 1. The van der Waals surface area contributed by atoms with Crippen molar-refractivity contribution in [3.05, 3.63) is 101 Å². The van der Waals surface area contributed by atoms with Crippen molar-refractivity contribution >= 4 is 28.6 Å². The van der Waals surface area contributed by atoms with Crippen LogP contribution < -0.4 is 14.2 Å². The zero-order valence-corrected chi connectivity index (χ0v) is 22.7. The molecule has 1 atom stereocenters. The first-order valence-electron chi connectivity index (χ1n) is 13.1. The smallest absolute Gasteiger partial charge is 0.416 e. The van der Waals surface area contributed by atoms with Crippen LogP contribution in [0.1, 0.15) is 29.3 Å². The molecule has 2 aromatic heterocycles. The minimum absolute atomic E-state index is 0.373. The first-order valence-corrected chi connectivity index (χ1v) is 13.5. The van der Waals surface area contributed by atoms with Crippen LogP contribution >= 0.6 is 11.6 Å². The highest BCUT2D eigenvalue weighted by molar-refractivity contribution is 6.31. The fourth-order valence-electron chi connectivity index (χ4n) is 5.12. The Hall–Kier alpha value is -4.50. The Morgan fingerprint density at radius 1 is 1.05 bits per heavy atom. The van der Waals surface area contributed by atoms with Crippen LogP contribution in [-0.4, -0.2) is 51.2 Å². The van der Waals surface area contributed by atoms with E-state index in [9.17, 15) is 4.79 Å². The summed E-state index contributed by atoms with van der Waals surface area (Å²) in [6.45, 7) is 1.78. The lowest BCUT2D eigenvalue weighted by Gasteiger charge is -2.35. The van der Waals surface area contributed by atoms with E-state index in [-0.39, 0.29) is 6.04 Å². The van der Waals surface area contributed by atoms with Crippen LogP contribution in [0.25, 0.3) is 10.9 Å². The number of aromatic nitrogens is 4. The van der Waals surface area contributed by atoms with Crippen LogP contribution in [0, 0.1) is 0 Å². The van der Waals surface area contributed by atoms with Crippen LogP contribution in [0.4, 0.5) is 4.79 Å². The summed E-state index contributed by atoms with van der Waals surface area (Å²) in [5.74, 6) is 1.90. The Bertz CT molecular complexity index is 1600. The van der Waals surface area contributed by atoms with Gasteiger partial charge < -0.3 is 19.2 Å². The average molecular weight is 558 g/mol. The van der Waals surface area contributed by atoms with Crippen molar-refractivity contribution in [2.75, 3.05) is 20.3 Å². The molecule has 10 heteroatoms. The van der Waals surface area contributed by atoms with E-state index in [0.29, 0.717) is 36.1 Å². The van der Waals surface area contributed by atoms with Crippen LogP contribution in [0.3, 0.4) is 0 Å². The molecule has 6 rings (SSSR count). The number of ether oxygens (including phenoxy) is 3. The van der Waals surface area contributed by atoms with Crippen LogP contribution in [0.15, 0.2) is 79.1 Å². The Morgan fingerprint density at radius 2 is 1.82 bits per heavy atom. The zero-order chi connectivity index (χ0) is 27.5. The van der Waals surface area contributed by atoms with Crippen molar-refractivity contribution in [2.45, 2.75) is 25.4 Å². The van der Waals surface area contributed by atoms with Gasteiger partial charge in [0.2, 0.25) is 0 Å². The maximum absolute atomic E-state index is 13.5. The zero-order valence-electron chi connectivity index (χ0n) is 21.9. The van der Waals surface area contributed by atoms with Crippen LogP contribution in [0.2, 0.25) is 5.02 Å². The number of hydrogen-bond donors (Lipinski definition) is 1. The van der Waals surface area contributed by atoms with E-state index < -0.39 is 6.09 Å². The molecule has 1 unspecified atom stereocenters. The molecule has 1 aliphatic rings. The second-order valence-electron chi connectivity index (χ2n) is 9.53. The highest BCUT2D eigenvalue weighted by Crippen LogP contribution is 2.40. The first kappa shape index (κ1) is 25.8. The molecule has 3 heterocycles. The second-order valence-corrected chi connectivity index (χ2v) is 9.97. The summed E-state index contributed by atoms with van der Waals surface area (Å²) >= 11 is 6.33. The number of carbonyl (C=O) groups is 1. The number of benzene rings is 3. The first-order chi connectivity index (χ1) is 19.6. The average Bonchev–Trinajstić information content (AvgIpc) is 3.63. The molecule has 0 aliphatic carbocycles. The monoisotopic (exact) mass is 557 g/mol. The third-order valence-corrected chi connectivity index (χ3v) is 7.29. The fraction of sp³-hybridized carbons (Fsp3) is 0.233. The molecule has 0 radical (unpaired) electrons. The molecule has 1 aliphatic heterocycles. The Labute approximate surface area is 236 Å². The van der Waals surface area contributed by atoms with E-state index in [4.69, 9.17) is 25.8 Å². The van der Waals surface area contributed by atoms with Crippen molar-refractivity contribution in [2.24, 2.45) is 0 Å². The van der Waals surface area contributed by atoms with E-state index in [2.05, 4.69) is 15.3 Å². The largest absolute Gasteiger partial charge is 0.497 e. The molecule has 0 fully saturated rings. The van der Waals surface area contributed by atoms with Gasteiger partial charge in [0, 0.05) is 47.3 Å². The number of methoxy groups -OCH3 is 1. The minimum Gasteiger partial charge on any atom is -0.497 e. The summed E-state index contributed by atoms with van der Waals surface area (Å²) < 4.78 is 18.7. The molecule has 3 aromatic carbocycles. The quantitative estimate of drug-likeness (QED) is 0.234. The second kappa shape index (κ2) is 11.3. The van der Waals surface area contributed by atoms with Crippen molar-refractivity contribution in [3.63, 3.8) is 0 Å². The topological polar surface area (TPSA) is 94.5 Å². The van der Waals surface area contributed by atoms with Gasteiger partial charge in [-0.15, -0.1) is 5.10 Å². The van der Waals surface area contributed by atoms with E-state index in [1.807, 2.05) is 48.7 Å². The van der Waals surface area contributed by atoms with Crippen molar-refractivity contribution in [1.82, 2.24) is 24.9 Å². The third-order valence-electron chi connectivity index (χ3n) is 7.06. The van der Waals surface area contributed by atoms with Gasteiger partial charge in [-0.05, 0) is 72.1 Å². The highest BCUT2D eigenvalue weighted by atomic mass is 35.5. The third kappa shape index (κ3) is 5.33. The molecule has 5 aromatic rings. The number of halogens is 1. The normalized spacial score (nSPS) is 14.7. The summed E-state index contributed by atoms with van der Waals surface area (Å²) in [5.41, 5.74) is 4.04. The van der Waals surface area contributed by atoms with Gasteiger partial charge in [0.1, 0.15) is 23.3 Å². The molecule has 1 N–H and O–H groups in total. The van der Waals surface area contributed by atoms with Crippen molar-refractivity contribution < 1.29 is 19.0 Å². The van der Waals surface area contributed by atoms with Gasteiger partial charge in [0.05, 0.1) is 19.9 Å². The summed E-state index contributed by atoms with van der Waals surface area (Å²) in [5, 5.41) is 9.54. The van der Waals surface area contributed by atoms with Gasteiger partial charge in [-0.25, -0.2) is 4.79 Å². The van der Waals surface area contributed by atoms with Gasteiger partial charge >= 0.3 is 6.09 Å². The molecule has 9 nitrogen and oxygen atoms in total. The summed E-state index contributed by atoms with van der Waals surface area (Å²) in [6, 6.07) is 20.3. The molecular formula is C30H28ClN5O4. The number of nitrogens with one attached hydrogen (secondary N) is 1. The molecule has 0 spiro atoms. The van der Waals surface area contributed by atoms with Gasteiger partial charge in [-0.2, -0.15) is 0 Å². The lowest BCUT2D eigenvalue weighted by atomic mass is 9.92. The van der Waals surface area contributed by atoms with Crippen molar-refractivity contribution in [1.29, 1.82) is 0 Å². The van der Waals surface area contributed by atoms with E-state index in [0.717, 1.165) is 46.4 Å². The molecule has 0 saturated carbocycles. The highest BCUT2D eigenvalue weighted by Gasteiger charge is 2.35. The summed E-state index contributed by atoms with van der Waals surface area (Å²) in [7, 11) is 1.60. The van der Waals surface area contributed by atoms with Crippen molar-refractivity contribution in [3.8, 4) is 17.2 Å². The minimum atomic E-state index is -0.425. The number of carbonyl (C=O) groups excluding carboxylic acids is 1. The number of fused-ring (bicyclic) bond motifs is 3. The maximum atomic E-state index is 13.5. The number of rotatable bonds is 8. The number of H-pyrrole nitrogens is 1. The molecule has 40 heavy (non-hydrogen) atoms. The number of nitrogens with zero attached hydrogens (tertiary/aromatic N) is 4. The van der Waals surface area contributed by atoms with Gasteiger partial charge in [-0.3, -0.25) is 9.58 Å². The van der Waals surface area contributed by atoms with Crippen LogP contribution in [0.5, 0.6) is 17.2 Å². The Balaban J connectivity index is 1.25. The van der Waals surface area contributed by atoms with Gasteiger partial charge in [0.15, 0.2) is 0 Å². The Morgan fingerprint density at radius 3 is 2.58 bits per heavy atom. The summed E-state index contributed by atoms with van der Waals surface area (Å²) in [6.07, 6.45) is 4.55. The van der Waals surface area contributed by atoms with E-state index >= 15 is 0 Å². The molecular weight excluding hydrogens is 530 g/mol. The lowest BCUT2D eigenvalue weighted by molar-refractivity contribution is 0.135. The van der Waals surface area contributed by atoms with Gasteiger partial charge in [0.25, 0.3) is 0 Å². The number of hydrogen-bond acceptors (Lipinski definition) is 6. The number of amides is 1. The van der Waals surface area contributed by atoms with E-state index in [1.54, 1.807) is 47.2 Å². The standard InChI is InChI=1S/C30H28ClN5O4/c1-38-22-8-10-24(11-9-22)40-30(37)36-16-13-25-26-19-21(31)5-12-27(26)33-28(25)29(36)20-3-6-23(7-4-20)39-18-2-15-35-17-14-32-34-35/h3-12,14,17,19,29,33H,2,13,15-16,18H2,1H3. The number of aryl methyl sites for hydroxylation is 1. The molecule has 204 valence electrons. The maximum Gasteiger partial charge on any atom is 0.416 e. The summed E-state index contributed by atoms with van der Waals surface area (Å²) in [4.78, 5) is 18.8. The SMILES string of the molecule is COc1ccc(OC(=O)N2CCc3c([nH]c4ccc(Cl)cc34)C2c2ccc(OCCCn3ccnn3)cc2)cc1. The molecule has 1 amide bonds. The van der Waals surface area contributed by atoms with Crippen LogP contribution in [-0.2, 0) is 13.0 Å². The predicted octanol–water partition coefficient (Wildman–Crippen LogP) is 6.04. The fourth-order valence-corrected chi connectivity index (χ4v) is 5.29. The molecule has 0 saturated heterocycles. The molecule has 0 bridgehead atoms. The Kier molecular flexibility index (Phi) is 7.29. The lowest BCUT2D eigenvalue weighted by Crippen LogP contribution is -2.42. The predicted molar refractivity (Wildman–Crippen MR) is 151 cm³/mol. The van der Waals surface area contributed by atoms with Gasteiger partial charge in [-0.1, -0.05) is 28.9 Å².